The molecule has 0 spiro atoms. The minimum atomic E-state index is -0.417. The summed E-state index contributed by atoms with van der Waals surface area (Å²) in [6.07, 6.45) is 3.45. The lowest BCUT2D eigenvalue weighted by atomic mass is 10.2. The second-order valence-electron chi connectivity index (χ2n) is 4.12. The molecule has 0 heterocycles. The van der Waals surface area contributed by atoms with Crippen molar-refractivity contribution in [2.24, 2.45) is 0 Å². The highest BCUT2D eigenvalue weighted by atomic mass is 16.6. The van der Waals surface area contributed by atoms with Gasteiger partial charge in [-0.05, 0) is 31.0 Å². The summed E-state index contributed by atoms with van der Waals surface area (Å²) in [5.74, 6) is 0.337. The van der Waals surface area contributed by atoms with Gasteiger partial charge in [0.05, 0.1) is 11.5 Å². The average molecular weight is 264 g/mol. The lowest BCUT2D eigenvalue weighted by Gasteiger charge is -2.08. The van der Waals surface area contributed by atoms with E-state index < -0.39 is 4.92 Å². The number of rotatable bonds is 9. The zero-order valence-corrected chi connectivity index (χ0v) is 11.2. The first-order valence-corrected chi connectivity index (χ1v) is 6.40. The molecule has 0 aliphatic heterocycles. The molecule has 5 heteroatoms. The van der Waals surface area contributed by atoms with Crippen molar-refractivity contribution in [3.63, 3.8) is 0 Å². The number of hydrogen-bond donors (Lipinski definition) is 1. The molecule has 19 heavy (non-hydrogen) atoms. The number of benzene rings is 1. The SMILES string of the molecule is C=CCCCOc1cc(CNCC)ccc1[N+](=O)[O-]. The molecular formula is C14H20N2O3. The number of nitro benzene ring substituents is 1. The zero-order valence-electron chi connectivity index (χ0n) is 11.2. The van der Waals surface area contributed by atoms with Gasteiger partial charge in [-0.3, -0.25) is 10.1 Å². The van der Waals surface area contributed by atoms with Crippen LogP contribution in [0.25, 0.3) is 0 Å². The Kier molecular flexibility index (Phi) is 6.60. The maximum absolute atomic E-state index is 10.9. The highest BCUT2D eigenvalue weighted by Gasteiger charge is 2.15. The van der Waals surface area contributed by atoms with Gasteiger partial charge in [0.1, 0.15) is 0 Å². The summed E-state index contributed by atoms with van der Waals surface area (Å²) in [4.78, 5) is 10.5. The Bertz CT molecular complexity index is 433. The van der Waals surface area contributed by atoms with Crippen molar-refractivity contribution < 1.29 is 9.66 Å². The van der Waals surface area contributed by atoms with Crippen LogP contribution >= 0.6 is 0 Å². The van der Waals surface area contributed by atoms with Crippen LogP contribution in [0.3, 0.4) is 0 Å². The van der Waals surface area contributed by atoms with Crippen LogP contribution in [0.2, 0.25) is 0 Å². The van der Waals surface area contributed by atoms with Gasteiger partial charge in [0.2, 0.25) is 0 Å². The van der Waals surface area contributed by atoms with E-state index in [1.807, 2.05) is 6.92 Å². The molecule has 0 aromatic heterocycles. The van der Waals surface area contributed by atoms with Gasteiger partial charge in [0.15, 0.2) is 5.75 Å². The van der Waals surface area contributed by atoms with E-state index in [1.165, 1.54) is 6.07 Å². The van der Waals surface area contributed by atoms with E-state index in [-0.39, 0.29) is 5.69 Å². The Balaban J connectivity index is 2.76. The molecule has 0 bridgehead atoms. The predicted octanol–water partition coefficient (Wildman–Crippen LogP) is 3.05. The number of hydrogen-bond acceptors (Lipinski definition) is 4. The fraction of sp³-hybridized carbons (Fsp3) is 0.429. The summed E-state index contributed by atoms with van der Waals surface area (Å²) in [6, 6.07) is 4.97. The summed E-state index contributed by atoms with van der Waals surface area (Å²) in [5, 5.41) is 14.1. The van der Waals surface area contributed by atoms with E-state index in [9.17, 15) is 10.1 Å². The molecule has 1 aromatic carbocycles. The molecular weight excluding hydrogens is 244 g/mol. The van der Waals surface area contributed by atoms with Crippen LogP contribution in [0, 0.1) is 10.1 Å². The molecule has 0 amide bonds. The van der Waals surface area contributed by atoms with Gasteiger partial charge in [-0.25, -0.2) is 0 Å². The van der Waals surface area contributed by atoms with Crippen molar-refractivity contribution in [1.82, 2.24) is 5.32 Å². The molecule has 1 rings (SSSR count). The maximum Gasteiger partial charge on any atom is 0.310 e. The predicted molar refractivity (Wildman–Crippen MR) is 75.4 cm³/mol. The first-order chi connectivity index (χ1) is 9.19. The normalized spacial score (nSPS) is 10.2. The first-order valence-electron chi connectivity index (χ1n) is 6.40. The third-order valence-electron chi connectivity index (χ3n) is 2.61. The highest BCUT2D eigenvalue weighted by Crippen LogP contribution is 2.28. The molecule has 1 N–H and O–H groups in total. The number of allylic oxidation sites excluding steroid dienone is 1. The Morgan fingerprint density at radius 3 is 2.95 bits per heavy atom. The molecule has 0 fully saturated rings. The van der Waals surface area contributed by atoms with Gasteiger partial charge in [0, 0.05) is 12.6 Å². The highest BCUT2D eigenvalue weighted by molar-refractivity contribution is 5.48. The molecule has 0 unspecified atom stereocenters. The molecule has 0 radical (unpaired) electrons. The summed E-state index contributed by atoms with van der Waals surface area (Å²) in [6.45, 7) is 7.63. The van der Waals surface area contributed by atoms with E-state index in [1.54, 1.807) is 18.2 Å². The van der Waals surface area contributed by atoms with Crippen LogP contribution in [0.4, 0.5) is 5.69 Å². The van der Waals surface area contributed by atoms with Crippen molar-refractivity contribution in [3.05, 3.63) is 46.5 Å². The van der Waals surface area contributed by atoms with Crippen LogP contribution < -0.4 is 10.1 Å². The summed E-state index contributed by atoms with van der Waals surface area (Å²) < 4.78 is 5.50. The van der Waals surface area contributed by atoms with E-state index in [4.69, 9.17) is 4.74 Å². The standard InChI is InChI=1S/C14H20N2O3/c1-3-5-6-9-19-14-10-12(11-15-4-2)7-8-13(14)16(17)18/h3,7-8,10,15H,1,4-6,9,11H2,2H3. The van der Waals surface area contributed by atoms with Crippen molar-refractivity contribution in [1.29, 1.82) is 0 Å². The van der Waals surface area contributed by atoms with Gasteiger partial charge < -0.3 is 10.1 Å². The molecule has 0 aliphatic rings. The average Bonchev–Trinajstić information content (AvgIpc) is 2.41. The van der Waals surface area contributed by atoms with Gasteiger partial charge in [-0.2, -0.15) is 0 Å². The molecule has 0 saturated heterocycles. The minimum Gasteiger partial charge on any atom is -0.487 e. The summed E-state index contributed by atoms with van der Waals surface area (Å²) >= 11 is 0. The maximum atomic E-state index is 10.9. The van der Waals surface area contributed by atoms with Crippen LogP contribution in [-0.2, 0) is 6.54 Å². The summed E-state index contributed by atoms with van der Waals surface area (Å²) in [7, 11) is 0. The molecule has 1 aromatic rings. The lowest BCUT2D eigenvalue weighted by molar-refractivity contribution is -0.385. The largest absolute Gasteiger partial charge is 0.487 e. The monoisotopic (exact) mass is 264 g/mol. The van der Waals surface area contributed by atoms with Crippen molar-refractivity contribution in [2.75, 3.05) is 13.2 Å². The van der Waals surface area contributed by atoms with E-state index in [0.29, 0.717) is 18.9 Å². The van der Waals surface area contributed by atoms with E-state index in [0.717, 1.165) is 24.9 Å². The Morgan fingerprint density at radius 1 is 1.53 bits per heavy atom. The quantitative estimate of drug-likeness (QED) is 0.322. The molecule has 5 nitrogen and oxygen atoms in total. The minimum absolute atomic E-state index is 0.0128. The second kappa shape index (κ2) is 8.26. The molecule has 0 atom stereocenters. The zero-order chi connectivity index (χ0) is 14.1. The van der Waals surface area contributed by atoms with Crippen molar-refractivity contribution in [2.45, 2.75) is 26.3 Å². The van der Waals surface area contributed by atoms with Crippen molar-refractivity contribution >= 4 is 5.69 Å². The van der Waals surface area contributed by atoms with Crippen LogP contribution in [0.1, 0.15) is 25.3 Å². The topological polar surface area (TPSA) is 64.4 Å². The second-order valence-corrected chi connectivity index (χ2v) is 4.12. The number of nitrogens with one attached hydrogen (secondary N) is 1. The van der Waals surface area contributed by atoms with E-state index in [2.05, 4.69) is 11.9 Å². The molecule has 0 aliphatic carbocycles. The van der Waals surface area contributed by atoms with Crippen molar-refractivity contribution in [3.8, 4) is 5.75 Å². The van der Waals surface area contributed by atoms with Gasteiger partial charge >= 0.3 is 5.69 Å². The fourth-order valence-corrected chi connectivity index (χ4v) is 1.61. The third kappa shape index (κ3) is 5.09. The smallest absolute Gasteiger partial charge is 0.310 e. The van der Waals surface area contributed by atoms with E-state index >= 15 is 0 Å². The van der Waals surface area contributed by atoms with Gasteiger partial charge in [-0.15, -0.1) is 6.58 Å². The fourth-order valence-electron chi connectivity index (χ4n) is 1.61. The van der Waals surface area contributed by atoms with Gasteiger partial charge in [-0.1, -0.05) is 19.1 Å². The number of unbranched alkanes of at least 4 members (excludes halogenated alkanes) is 1. The Morgan fingerprint density at radius 2 is 2.32 bits per heavy atom. The molecule has 104 valence electrons. The number of nitro groups is 1. The first kappa shape index (κ1) is 15.2. The van der Waals surface area contributed by atoms with Gasteiger partial charge in [0.25, 0.3) is 0 Å². The summed E-state index contributed by atoms with van der Waals surface area (Å²) in [5.41, 5.74) is 0.991. The van der Waals surface area contributed by atoms with Crippen LogP contribution in [-0.4, -0.2) is 18.1 Å². The number of ether oxygens (including phenoxy) is 1. The van der Waals surface area contributed by atoms with Crippen LogP contribution in [0.15, 0.2) is 30.9 Å². The molecule has 0 saturated carbocycles. The number of nitrogens with zero attached hydrogens (tertiary/aromatic N) is 1. The lowest BCUT2D eigenvalue weighted by Crippen LogP contribution is -2.12. The third-order valence-corrected chi connectivity index (χ3v) is 2.61. The van der Waals surface area contributed by atoms with Crippen LogP contribution in [0.5, 0.6) is 5.75 Å². The Hall–Kier alpha value is -1.88. The Labute approximate surface area is 113 Å².